The van der Waals surface area contributed by atoms with Gasteiger partial charge in [-0.1, -0.05) is 11.2 Å². The van der Waals surface area contributed by atoms with Crippen molar-refractivity contribution in [3.63, 3.8) is 0 Å². The Morgan fingerprint density at radius 2 is 1.97 bits per heavy atom. The van der Waals surface area contributed by atoms with Gasteiger partial charge in [0.15, 0.2) is 11.5 Å². The highest BCUT2D eigenvalue weighted by molar-refractivity contribution is 5.96. The van der Waals surface area contributed by atoms with Crippen molar-refractivity contribution in [1.29, 1.82) is 0 Å². The number of aromatic nitrogens is 5. The minimum absolute atomic E-state index is 0.435. The van der Waals surface area contributed by atoms with Gasteiger partial charge in [0, 0.05) is 24.9 Å². The van der Waals surface area contributed by atoms with Crippen molar-refractivity contribution < 1.29 is 9.94 Å². The van der Waals surface area contributed by atoms with Crippen LogP contribution in [0.25, 0.3) is 16.6 Å². The lowest BCUT2D eigenvalue weighted by molar-refractivity contribution is 0.122. The van der Waals surface area contributed by atoms with E-state index in [2.05, 4.69) is 50.5 Å². The third kappa shape index (κ3) is 3.68. The van der Waals surface area contributed by atoms with Crippen molar-refractivity contribution in [3.8, 4) is 0 Å². The first-order chi connectivity index (χ1) is 15.1. The summed E-state index contributed by atoms with van der Waals surface area (Å²) in [6, 6.07) is 12.1. The van der Waals surface area contributed by atoms with Gasteiger partial charge in [-0.3, -0.25) is 4.98 Å². The van der Waals surface area contributed by atoms with Gasteiger partial charge in [0.25, 0.3) is 0 Å². The zero-order valence-corrected chi connectivity index (χ0v) is 17.5. The first kappa shape index (κ1) is 19.4. The molecule has 0 unspecified atom stereocenters. The van der Waals surface area contributed by atoms with E-state index in [4.69, 9.17) is 14.9 Å². The highest BCUT2D eigenvalue weighted by atomic mass is 16.5. The molecule has 4 heterocycles. The number of oxime groups is 1. The summed E-state index contributed by atoms with van der Waals surface area (Å²) < 4.78 is 7.18. The van der Waals surface area contributed by atoms with Gasteiger partial charge >= 0.3 is 0 Å². The number of morpholine rings is 1. The fourth-order valence-corrected chi connectivity index (χ4v) is 3.92. The third-order valence-electron chi connectivity index (χ3n) is 5.61. The Hall–Kier alpha value is -3.59. The summed E-state index contributed by atoms with van der Waals surface area (Å²) in [6.07, 6.45) is 0.573. The van der Waals surface area contributed by atoms with Crippen molar-refractivity contribution in [2.75, 3.05) is 31.2 Å². The molecule has 0 bridgehead atoms. The molecular formula is C22H23N7O2. The first-order valence-corrected chi connectivity index (χ1v) is 10.3. The molecule has 5 rings (SSSR count). The van der Waals surface area contributed by atoms with Gasteiger partial charge in [0.2, 0.25) is 0 Å². The second kappa shape index (κ2) is 7.92. The summed E-state index contributed by atoms with van der Waals surface area (Å²) in [5.74, 6) is 0.718. The van der Waals surface area contributed by atoms with E-state index < -0.39 is 0 Å². The number of pyridine rings is 1. The SMILES string of the molecule is C/C(=N\O)c1ccc2nnc(Cc3ccc4nc(C)c(N5CCOCC5)cc4c3)n2n1. The molecule has 1 fully saturated rings. The molecule has 9 heteroatoms. The van der Waals surface area contributed by atoms with E-state index >= 15 is 0 Å². The summed E-state index contributed by atoms with van der Waals surface area (Å²) in [7, 11) is 0. The number of nitrogens with zero attached hydrogens (tertiary/aromatic N) is 7. The van der Waals surface area contributed by atoms with E-state index in [-0.39, 0.29) is 0 Å². The topological polar surface area (TPSA) is 101 Å². The summed E-state index contributed by atoms with van der Waals surface area (Å²) in [4.78, 5) is 7.15. The molecule has 0 saturated carbocycles. The summed E-state index contributed by atoms with van der Waals surface area (Å²) in [5.41, 5.74) is 5.92. The highest BCUT2D eigenvalue weighted by Crippen LogP contribution is 2.26. The summed E-state index contributed by atoms with van der Waals surface area (Å²) >= 11 is 0. The van der Waals surface area contributed by atoms with Crippen LogP contribution < -0.4 is 4.90 Å². The van der Waals surface area contributed by atoms with E-state index in [9.17, 15) is 0 Å². The van der Waals surface area contributed by atoms with Crippen LogP contribution in [0.2, 0.25) is 0 Å². The lowest BCUT2D eigenvalue weighted by Gasteiger charge is -2.30. The summed E-state index contributed by atoms with van der Waals surface area (Å²) in [5, 5.41) is 26.4. The van der Waals surface area contributed by atoms with Crippen LogP contribution in [0, 0.1) is 6.92 Å². The third-order valence-corrected chi connectivity index (χ3v) is 5.61. The first-order valence-electron chi connectivity index (χ1n) is 10.3. The van der Waals surface area contributed by atoms with Gasteiger partial charge in [0.1, 0.15) is 11.4 Å². The number of aryl methyl sites for hydroxylation is 1. The van der Waals surface area contributed by atoms with Crippen LogP contribution in [0.4, 0.5) is 5.69 Å². The number of anilines is 1. The molecule has 158 valence electrons. The number of rotatable bonds is 4. The van der Waals surface area contributed by atoms with Gasteiger partial charge in [-0.25, -0.2) is 0 Å². The summed E-state index contributed by atoms with van der Waals surface area (Å²) in [6.45, 7) is 7.00. The Kier molecular flexibility index (Phi) is 4.95. The van der Waals surface area contributed by atoms with Gasteiger partial charge in [-0.2, -0.15) is 9.61 Å². The second-order valence-corrected chi connectivity index (χ2v) is 7.69. The van der Waals surface area contributed by atoms with Crippen molar-refractivity contribution in [1.82, 2.24) is 24.8 Å². The van der Waals surface area contributed by atoms with Crippen molar-refractivity contribution in [2.45, 2.75) is 20.3 Å². The molecule has 0 spiro atoms. The van der Waals surface area contributed by atoms with Gasteiger partial charge < -0.3 is 14.8 Å². The van der Waals surface area contributed by atoms with Crippen molar-refractivity contribution in [3.05, 3.63) is 59.2 Å². The largest absolute Gasteiger partial charge is 0.411 e. The molecule has 1 N–H and O–H groups in total. The number of benzene rings is 1. The smallest absolute Gasteiger partial charge is 0.177 e. The zero-order valence-electron chi connectivity index (χ0n) is 17.5. The van der Waals surface area contributed by atoms with E-state index in [1.165, 1.54) is 0 Å². The fourth-order valence-electron chi connectivity index (χ4n) is 3.92. The molecule has 9 nitrogen and oxygen atoms in total. The van der Waals surface area contributed by atoms with E-state index in [1.807, 2.05) is 12.1 Å². The lowest BCUT2D eigenvalue weighted by Crippen LogP contribution is -2.36. The molecule has 0 aliphatic carbocycles. The molecule has 1 aliphatic heterocycles. The normalized spacial score (nSPS) is 15.2. The molecule has 4 aromatic rings. The van der Waals surface area contributed by atoms with E-state index in [1.54, 1.807) is 17.5 Å². The monoisotopic (exact) mass is 417 g/mol. The average molecular weight is 417 g/mol. The van der Waals surface area contributed by atoms with Crippen LogP contribution >= 0.6 is 0 Å². The Morgan fingerprint density at radius 3 is 2.77 bits per heavy atom. The quantitative estimate of drug-likeness (QED) is 0.309. The molecule has 3 aromatic heterocycles. The number of fused-ring (bicyclic) bond motifs is 2. The predicted molar refractivity (Wildman–Crippen MR) is 117 cm³/mol. The number of hydrogen-bond acceptors (Lipinski definition) is 8. The molecule has 0 atom stereocenters. The van der Waals surface area contributed by atoms with E-state index in [0.29, 0.717) is 23.5 Å². The molecule has 31 heavy (non-hydrogen) atoms. The van der Waals surface area contributed by atoms with Gasteiger partial charge in [-0.15, -0.1) is 10.2 Å². The standard InChI is InChI=1S/C22H23N7O2/c1-14(27-30)18-5-6-21-24-25-22(29(21)26-18)12-16-3-4-19-17(11-16)13-20(15(2)23-19)28-7-9-31-10-8-28/h3-6,11,13,30H,7-10,12H2,1-2H3/b27-14+. The molecule has 0 amide bonds. The molecule has 1 saturated heterocycles. The van der Waals surface area contributed by atoms with Crippen LogP contribution in [-0.2, 0) is 11.2 Å². The minimum Gasteiger partial charge on any atom is -0.411 e. The van der Waals surface area contributed by atoms with Crippen molar-refractivity contribution in [2.24, 2.45) is 5.16 Å². The predicted octanol–water partition coefficient (Wildman–Crippen LogP) is 2.61. The van der Waals surface area contributed by atoms with Gasteiger partial charge in [0.05, 0.1) is 30.1 Å². The molecule has 1 aromatic carbocycles. The molecular weight excluding hydrogens is 394 g/mol. The average Bonchev–Trinajstić information content (AvgIpc) is 3.20. The lowest BCUT2D eigenvalue weighted by atomic mass is 10.1. The van der Waals surface area contributed by atoms with Crippen LogP contribution in [0.3, 0.4) is 0 Å². The van der Waals surface area contributed by atoms with Gasteiger partial charge in [-0.05, 0) is 49.7 Å². The Balaban J connectivity index is 1.50. The minimum atomic E-state index is 0.435. The highest BCUT2D eigenvalue weighted by Gasteiger charge is 2.16. The Bertz CT molecular complexity index is 1290. The van der Waals surface area contributed by atoms with Crippen LogP contribution in [0.5, 0.6) is 0 Å². The fraction of sp³-hybridized carbons (Fsp3) is 0.318. The van der Waals surface area contributed by atoms with Crippen molar-refractivity contribution >= 4 is 27.9 Å². The maximum absolute atomic E-state index is 9.04. The molecule has 0 radical (unpaired) electrons. The molecule has 1 aliphatic rings. The van der Waals surface area contributed by atoms with Crippen LogP contribution in [-0.4, -0.2) is 62.0 Å². The number of ether oxygens (including phenoxy) is 1. The maximum Gasteiger partial charge on any atom is 0.177 e. The van der Waals surface area contributed by atoms with Crippen LogP contribution in [0.15, 0.2) is 41.6 Å². The van der Waals surface area contributed by atoms with Crippen LogP contribution in [0.1, 0.15) is 29.7 Å². The Labute approximate surface area is 179 Å². The zero-order chi connectivity index (χ0) is 21.4. The maximum atomic E-state index is 9.04. The number of hydrogen-bond donors (Lipinski definition) is 1. The second-order valence-electron chi connectivity index (χ2n) is 7.69. The van der Waals surface area contributed by atoms with E-state index in [0.717, 1.165) is 60.0 Å². The Morgan fingerprint density at radius 1 is 1.13 bits per heavy atom.